The van der Waals surface area contributed by atoms with Gasteiger partial charge in [0.2, 0.25) is 0 Å². The van der Waals surface area contributed by atoms with E-state index in [1.165, 1.54) is 30.8 Å². The van der Waals surface area contributed by atoms with Crippen molar-refractivity contribution in [2.75, 3.05) is 17.3 Å². The molecule has 1 aliphatic rings. The molecule has 3 N–H and O–H groups in total. The number of hydrogen-bond acceptors (Lipinski definition) is 5. The highest BCUT2D eigenvalue weighted by Crippen LogP contribution is 2.37. The molecule has 0 spiro atoms. The minimum Gasteiger partial charge on any atom is -0.382 e. The predicted octanol–water partition coefficient (Wildman–Crippen LogP) is 3.05. The molecule has 15 heavy (non-hydrogen) atoms. The molecule has 0 amide bonds. The average molecular weight is 243 g/mol. The maximum absolute atomic E-state index is 5.80. The number of hydrogen-bond donors (Lipinski definition) is 2. The number of nitrogens with zero attached hydrogens (tertiary/aromatic N) is 1. The zero-order chi connectivity index (χ0) is 10.8. The average Bonchev–Trinajstić information content (AvgIpc) is 2.76. The van der Waals surface area contributed by atoms with E-state index in [0.29, 0.717) is 11.9 Å². The first kappa shape index (κ1) is 11.1. The van der Waals surface area contributed by atoms with Crippen molar-refractivity contribution in [3.05, 3.63) is 0 Å². The van der Waals surface area contributed by atoms with Gasteiger partial charge in [0.15, 0.2) is 5.82 Å². The molecule has 2 atom stereocenters. The van der Waals surface area contributed by atoms with Gasteiger partial charge in [0, 0.05) is 6.04 Å². The van der Waals surface area contributed by atoms with Gasteiger partial charge >= 0.3 is 0 Å². The van der Waals surface area contributed by atoms with E-state index in [-0.39, 0.29) is 0 Å². The molecule has 1 fully saturated rings. The Balaban J connectivity index is 2.09. The van der Waals surface area contributed by atoms with E-state index in [1.807, 2.05) is 6.26 Å². The van der Waals surface area contributed by atoms with Gasteiger partial charge in [-0.2, -0.15) is 4.37 Å². The van der Waals surface area contributed by atoms with Crippen LogP contribution in [0.15, 0.2) is 4.90 Å². The Hall–Kier alpha value is -0.420. The van der Waals surface area contributed by atoms with Gasteiger partial charge < -0.3 is 11.1 Å². The van der Waals surface area contributed by atoms with Crippen LogP contribution in [-0.4, -0.2) is 16.7 Å². The first-order valence-corrected chi connectivity index (χ1v) is 7.28. The monoisotopic (exact) mass is 243 g/mol. The molecule has 0 bridgehead atoms. The van der Waals surface area contributed by atoms with Crippen LogP contribution in [0, 0.1) is 5.92 Å². The highest BCUT2D eigenvalue weighted by Gasteiger charge is 2.24. The van der Waals surface area contributed by atoms with E-state index in [0.717, 1.165) is 15.8 Å². The summed E-state index contributed by atoms with van der Waals surface area (Å²) in [5, 5.41) is 4.74. The zero-order valence-corrected chi connectivity index (χ0v) is 10.8. The van der Waals surface area contributed by atoms with Crippen molar-refractivity contribution in [3.63, 3.8) is 0 Å². The fourth-order valence-electron chi connectivity index (χ4n) is 2.11. The van der Waals surface area contributed by atoms with Gasteiger partial charge in [-0.15, -0.1) is 11.8 Å². The van der Waals surface area contributed by atoms with Crippen molar-refractivity contribution < 1.29 is 0 Å². The Labute approximate surface area is 99.0 Å². The largest absolute Gasteiger partial charge is 0.382 e. The number of nitrogens with two attached hydrogens (primary N) is 1. The van der Waals surface area contributed by atoms with Crippen LogP contribution in [0.25, 0.3) is 0 Å². The number of rotatable bonds is 3. The predicted molar refractivity (Wildman–Crippen MR) is 68.7 cm³/mol. The standard InChI is InChI=1S/C10H17N3S2/c1-6-4-3-5-7(6)12-10-8(14-2)9(11)13-15-10/h6-7,12H,3-5H2,1-2H3,(H2,11,13). The Morgan fingerprint density at radius 3 is 2.93 bits per heavy atom. The molecule has 1 aliphatic carbocycles. The molecular formula is C10H17N3S2. The lowest BCUT2D eigenvalue weighted by Crippen LogP contribution is -2.21. The molecule has 1 saturated carbocycles. The van der Waals surface area contributed by atoms with Crippen LogP contribution < -0.4 is 11.1 Å². The second-order valence-electron chi connectivity index (χ2n) is 4.09. The number of anilines is 2. The number of nitrogen functional groups attached to an aromatic ring is 1. The van der Waals surface area contributed by atoms with Crippen molar-refractivity contribution in [3.8, 4) is 0 Å². The Bertz CT molecular complexity index is 337. The highest BCUT2D eigenvalue weighted by atomic mass is 32.2. The minimum atomic E-state index is 0.607. The molecule has 0 aromatic carbocycles. The number of nitrogens with one attached hydrogen (secondary N) is 1. The van der Waals surface area contributed by atoms with Crippen molar-refractivity contribution in [2.24, 2.45) is 5.92 Å². The van der Waals surface area contributed by atoms with Gasteiger partial charge in [0.25, 0.3) is 0 Å². The zero-order valence-electron chi connectivity index (χ0n) is 9.12. The Morgan fingerprint density at radius 2 is 2.33 bits per heavy atom. The normalized spacial score (nSPS) is 25.7. The third kappa shape index (κ3) is 2.23. The molecule has 1 aromatic rings. The summed E-state index contributed by atoms with van der Waals surface area (Å²) in [5.74, 6) is 1.43. The quantitative estimate of drug-likeness (QED) is 0.801. The van der Waals surface area contributed by atoms with Crippen molar-refractivity contribution in [1.29, 1.82) is 0 Å². The highest BCUT2D eigenvalue weighted by molar-refractivity contribution is 7.99. The van der Waals surface area contributed by atoms with Crippen molar-refractivity contribution >= 4 is 34.1 Å². The molecule has 1 aromatic heterocycles. The van der Waals surface area contributed by atoms with E-state index >= 15 is 0 Å². The van der Waals surface area contributed by atoms with Crippen LogP contribution >= 0.6 is 23.3 Å². The van der Waals surface area contributed by atoms with E-state index in [9.17, 15) is 0 Å². The summed E-state index contributed by atoms with van der Waals surface area (Å²) in [7, 11) is 0. The first-order valence-electron chi connectivity index (χ1n) is 5.28. The molecule has 0 aliphatic heterocycles. The smallest absolute Gasteiger partial charge is 0.153 e. The molecule has 1 heterocycles. The van der Waals surface area contributed by atoms with Crippen LogP contribution in [0.3, 0.4) is 0 Å². The summed E-state index contributed by atoms with van der Waals surface area (Å²) in [5.41, 5.74) is 5.80. The van der Waals surface area contributed by atoms with Crippen LogP contribution in [0.5, 0.6) is 0 Å². The first-order chi connectivity index (χ1) is 7.22. The topological polar surface area (TPSA) is 50.9 Å². The van der Waals surface area contributed by atoms with E-state index in [2.05, 4.69) is 16.6 Å². The molecular weight excluding hydrogens is 226 g/mol. The summed E-state index contributed by atoms with van der Waals surface area (Å²) < 4.78 is 4.19. The fraction of sp³-hybridized carbons (Fsp3) is 0.700. The third-order valence-corrected chi connectivity index (χ3v) is 4.80. The maximum atomic E-state index is 5.80. The van der Waals surface area contributed by atoms with Crippen LogP contribution in [0.1, 0.15) is 26.2 Å². The lowest BCUT2D eigenvalue weighted by atomic mass is 10.1. The summed E-state index contributed by atoms with van der Waals surface area (Å²) in [6.07, 6.45) is 5.98. The molecule has 0 saturated heterocycles. The van der Waals surface area contributed by atoms with Gasteiger partial charge in [0.1, 0.15) is 5.00 Å². The van der Waals surface area contributed by atoms with Gasteiger partial charge in [-0.05, 0) is 36.5 Å². The van der Waals surface area contributed by atoms with Gasteiger partial charge in [0.05, 0.1) is 4.90 Å². The maximum Gasteiger partial charge on any atom is 0.153 e. The van der Waals surface area contributed by atoms with E-state index in [1.54, 1.807) is 11.8 Å². The molecule has 2 rings (SSSR count). The number of thioether (sulfide) groups is 1. The SMILES string of the molecule is CSc1c(N)nsc1NC1CCCC1C. The van der Waals surface area contributed by atoms with E-state index in [4.69, 9.17) is 5.73 Å². The summed E-state index contributed by atoms with van der Waals surface area (Å²) in [4.78, 5) is 1.11. The second kappa shape index (κ2) is 4.61. The van der Waals surface area contributed by atoms with Crippen molar-refractivity contribution in [2.45, 2.75) is 37.1 Å². The Morgan fingerprint density at radius 1 is 1.53 bits per heavy atom. The fourth-order valence-corrected chi connectivity index (χ4v) is 3.70. The molecule has 0 radical (unpaired) electrons. The van der Waals surface area contributed by atoms with Gasteiger partial charge in [-0.1, -0.05) is 13.3 Å². The summed E-state index contributed by atoms with van der Waals surface area (Å²) in [6.45, 7) is 2.31. The second-order valence-corrected chi connectivity index (χ2v) is 5.68. The third-order valence-electron chi connectivity index (χ3n) is 3.06. The minimum absolute atomic E-state index is 0.607. The van der Waals surface area contributed by atoms with Crippen LogP contribution in [-0.2, 0) is 0 Å². The van der Waals surface area contributed by atoms with Gasteiger partial charge in [-0.3, -0.25) is 0 Å². The number of aromatic nitrogens is 1. The molecule has 5 heteroatoms. The Kier molecular flexibility index (Phi) is 3.41. The lowest BCUT2D eigenvalue weighted by molar-refractivity contribution is 0.556. The van der Waals surface area contributed by atoms with E-state index < -0.39 is 0 Å². The summed E-state index contributed by atoms with van der Waals surface area (Å²) >= 11 is 3.16. The van der Waals surface area contributed by atoms with Crippen LogP contribution in [0.4, 0.5) is 10.8 Å². The summed E-state index contributed by atoms with van der Waals surface area (Å²) in [6, 6.07) is 0.607. The molecule has 3 nitrogen and oxygen atoms in total. The van der Waals surface area contributed by atoms with Crippen LogP contribution in [0.2, 0.25) is 0 Å². The van der Waals surface area contributed by atoms with Gasteiger partial charge in [-0.25, -0.2) is 0 Å². The molecule has 84 valence electrons. The van der Waals surface area contributed by atoms with Crippen molar-refractivity contribution in [1.82, 2.24) is 4.37 Å². The lowest BCUT2D eigenvalue weighted by Gasteiger charge is -2.17. The molecule has 2 unspecified atom stereocenters.